The van der Waals surface area contributed by atoms with Gasteiger partial charge in [-0.3, -0.25) is 9.78 Å². The van der Waals surface area contributed by atoms with E-state index >= 15 is 0 Å². The number of nitrogens with zero attached hydrogens (tertiary/aromatic N) is 4. The van der Waals surface area contributed by atoms with Crippen LogP contribution < -0.4 is 5.32 Å². The van der Waals surface area contributed by atoms with E-state index in [0.717, 1.165) is 11.0 Å². The Kier molecular flexibility index (Phi) is 3.35. The van der Waals surface area contributed by atoms with E-state index in [9.17, 15) is 4.79 Å². The van der Waals surface area contributed by atoms with Crippen LogP contribution in [-0.4, -0.2) is 25.7 Å². The first kappa shape index (κ1) is 13.2. The molecule has 3 rings (SSSR count). The van der Waals surface area contributed by atoms with Gasteiger partial charge in [0.2, 0.25) is 0 Å². The van der Waals surface area contributed by atoms with Gasteiger partial charge in [-0.25, -0.2) is 9.67 Å². The Morgan fingerprint density at radius 3 is 2.81 bits per heavy atom. The van der Waals surface area contributed by atoms with E-state index in [-0.39, 0.29) is 11.9 Å². The average molecular weight is 281 g/mol. The van der Waals surface area contributed by atoms with Crippen molar-refractivity contribution < 1.29 is 4.79 Å². The van der Waals surface area contributed by atoms with Gasteiger partial charge in [0.15, 0.2) is 5.65 Å². The molecule has 1 N–H and O–H groups in total. The number of amides is 1. The maximum Gasteiger partial charge on any atom is 0.274 e. The van der Waals surface area contributed by atoms with Crippen LogP contribution in [0.15, 0.2) is 42.9 Å². The summed E-state index contributed by atoms with van der Waals surface area (Å²) in [6, 6.07) is 7.30. The molecule has 0 radical (unpaired) electrons. The Balaban J connectivity index is 1.87. The maximum atomic E-state index is 12.0. The van der Waals surface area contributed by atoms with Crippen molar-refractivity contribution >= 4 is 22.6 Å². The Labute approximate surface area is 121 Å². The first-order valence-corrected chi connectivity index (χ1v) is 6.71. The molecule has 0 aliphatic heterocycles. The molecule has 0 aromatic carbocycles. The van der Waals surface area contributed by atoms with Gasteiger partial charge in [-0.15, -0.1) is 0 Å². The second-order valence-electron chi connectivity index (χ2n) is 4.99. The number of aromatic nitrogens is 4. The first-order valence-electron chi connectivity index (χ1n) is 6.71. The highest BCUT2D eigenvalue weighted by Crippen LogP contribution is 2.19. The molecule has 0 saturated heterocycles. The molecule has 6 heteroatoms. The van der Waals surface area contributed by atoms with Gasteiger partial charge in [-0.2, -0.15) is 5.10 Å². The van der Waals surface area contributed by atoms with Gasteiger partial charge >= 0.3 is 0 Å². The smallest absolute Gasteiger partial charge is 0.274 e. The monoisotopic (exact) mass is 281 g/mol. The standard InChI is InChI=1S/C15H15N5O/c1-10(2)20-14-11(8-18-20)7-12(9-17-14)19-15(21)13-5-3-4-6-16-13/h3-10H,1-2H3,(H,19,21). The Morgan fingerprint density at radius 1 is 1.24 bits per heavy atom. The molecule has 0 atom stereocenters. The highest BCUT2D eigenvalue weighted by atomic mass is 16.1. The summed E-state index contributed by atoms with van der Waals surface area (Å²) in [5, 5.41) is 7.98. The molecule has 3 aromatic heterocycles. The van der Waals surface area contributed by atoms with E-state index < -0.39 is 0 Å². The normalized spacial score (nSPS) is 11.0. The molecule has 3 heterocycles. The fourth-order valence-corrected chi connectivity index (χ4v) is 2.08. The van der Waals surface area contributed by atoms with Gasteiger partial charge in [0.1, 0.15) is 5.69 Å². The molecule has 0 fully saturated rings. The highest BCUT2D eigenvalue weighted by molar-refractivity contribution is 6.03. The number of hydrogen-bond donors (Lipinski definition) is 1. The second-order valence-corrected chi connectivity index (χ2v) is 4.99. The van der Waals surface area contributed by atoms with Crippen molar-refractivity contribution in [1.29, 1.82) is 0 Å². The van der Waals surface area contributed by atoms with E-state index in [2.05, 4.69) is 20.4 Å². The van der Waals surface area contributed by atoms with Crippen molar-refractivity contribution in [1.82, 2.24) is 19.7 Å². The quantitative estimate of drug-likeness (QED) is 0.801. The summed E-state index contributed by atoms with van der Waals surface area (Å²) in [7, 11) is 0. The second kappa shape index (κ2) is 5.32. The van der Waals surface area contributed by atoms with Gasteiger partial charge in [0, 0.05) is 17.6 Å². The number of nitrogens with one attached hydrogen (secondary N) is 1. The molecule has 6 nitrogen and oxygen atoms in total. The van der Waals surface area contributed by atoms with Gasteiger partial charge in [-0.05, 0) is 32.0 Å². The summed E-state index contributed by atoms with van der Waals surface area (Å²) in [6.45, 7) is 4.09. The molecular formula is C15H15N5O. The molecule has 0 bridgehead atoms. The predicted molar refractivity (Wildman–Crippen MR) is 80.1 cm³/mol. The molecule has 1 amide bonds. The number of pyridine rings is 2. The van der Waals surface area contributed by atoms with Crippen LogP contribution in [-0.2, 0) is 0 Å². The largest absolute Gasteiger partial charge is 0.319 e. The van der Waals surface area contributed by atoms with Gasteiger partial charge in [0.05, 0.1) is 18.1 Å². The van der Waals surface area contributed by atoms with E-state index in [1.807, 2.05) is 24.6 Å². The Bertz CT molecular complexity index is 779. The SMILES string of the molecule is CC(C)n1ncc2cc(NC(=O)c3ccccn3)cnc21. The number of carbonyl (C=O) groups is 1. The summed E-state index contributed by atoms with van der Waals surface area (Å²) in [4.78, 5) is 20.4. The van der Waals surface area contributed by atoms with Crippen molar-refractivity contribution in [2.75, 3.05) is 5.32 Å². The molecule has 0 saturated carbocycles. The third-order valence-electron chi connectivity index (χ3n) is 3.08. The number of anilines is 1. The zero-order chi connectivity index (χ0) is 14.8. The lowest BCUT2D eigenvalue weighted by Crippen LogP contribution is -2.13. The molecule has 0 aliphatic rings. The predicted octanol–water partition coefficient (Wildman–Crippen LogP) is 2.66. The van der Waals surface area contributed by atoms with Crippen LogP contribution >= 0.6 is 0 Å². The van der Waals surface area contributed by atoms with E-state index in [4.69, 9.17) is 0 Å². The minimum atomic E-state index is -0.256. The van der Waals surface area contributed by atoms with E-state index in [0.29, 0.717) is 11.4 Å². The fourth-order valence-electron chi connectivity index (χ4n) is 2.08. The van der Waals surface area contributed by atoms with Crippen LogP contribution in [0.3, 0.4) is 0 Å². The summed E-state index contributed by atoms with van der Waals surface area (Å²) < 4.78 is 1.85. The lowest BCUT2D eigenvalue weighted by atomic mass is 10.3. The third-order valence-corrected chi connectivity index (χ3v) is 3.08. The number of carbonyl (C=O) groups excluding carboxylic acids is 1. The molecule has 0 unspecified atom stereocenters. The molecule has 21 heavy (non-hydrogen) atoms. The molecular weight excluding hydrogens is 266 g/mol. The highest BCUT2D eigenvalue weighted by Gasteiger charge is 2.10. The molecule has 0 aliphatic carbocycles. The summed E-state index contributed by atoms with van der Waals surface area (Å²) in [6.07, 6.45) is 4.96. The van der Waals surface area contributed by atoms with Crippen molar-refractivity contribution in [2.45, 2.75) is 19.9 Å². The van der Waals surface area contributed by atoms with Crippen LogP contribution in [0.4, 0.5) is 5.69 Å². The first-order chi connectivity index (χ1) is 10.1. The van der Waals surface area contributed by atoms with Crippen LogP contribution in [0.25, 0.3) is 11.0 Å². The van der Waals surface area contributed by atoms with Crippen molar-refractivity contribution in [3.05, 3.63) is 48.5 Å². The molecule has 3 aromatic rings. The summed E-state index contributed by atoms with van der Waals surface area (Å²) in [5.74, 6) is -0.256. The van der Waals surface area contributed by atoms with E-state index in [1.165, 1.54) is 0 Å². The van der Waals surface area contributed by atoms with Crippen LogP contribution in [0.5, 0.6) is 0 Å². The van der Waals surface area contributed by atoms with Crippen LogP contribution in [0, 0.1) is 0 Å². The van der Waals surface area contributed by atoms with Crippen molar-refractivity contribution in [3.63, 3.8) is 0 Å². The van der Waals surface area contributed by atoms with Gasteiger partial charge in [-0.1, -0.05) is 6.07 Å². The topological polar surface area (TPSA) is 72.7 Å². The van der Waals surface area contributed by atoms with Crippen LogP contribution in [0.2, 0.25) is 0 Å². The minimum Gasteiger partial charge on any atom is -0.319 e. The fraction of sp³-hybridized carbons (Fsp3) is 0.200. The Morgan fingerprint density at radius 2 is 2.10 bits per heavy atom. The molecule has 0 spiro atoms. The Hall–Kier alpha value is -2.76. The summed E-state index contributed by atoms with van der Waals surface area (Å²) in [5.41, 5.74) is 1.80. The number of hydrogen-bond acceptors (Lipinski definition) is 4. The minimum absolute atomic E-state index is 0.240. The summed E-state index contributed by atoms with van der Waals surface area (Å²) >= 11 is 0. The van der Waals surface area contributed by atoms with Gasteiger partial charge < -0.3 is 5.32 Å². The van der Waals surface area contributed by atoms with E-state index in [1.54, 1.807) is 36.8 Å². The van der Waals surface area contributed by atoms with Gasteiger partial charge in [0.25, 0.3) is 5.91 Å². The average Bonchev–Trinajstić information content (AvgIpc) is 2.91. The van der Waals surface area contributed by atoms with Crippen molar-refractivity contribution in [2.24, 2.45) is 0 Å². The van der Waals surface area contributed by atoms with Crippen molar-refractivity contribution in [3.8, 4) is 0 Å². The third kappa shape index (κ3) is 2.60. The zero-order valence-electron chi connectivity index (χ0n) is 11.8. The lowest BCUT2D eigenvalue weighted by molar-refractivity contribution is 0.102. The van der Waals surface area contributed by atoms with Crippen LogP contribution in [0.1, 0.15) is 30.4 Å². The number of fused-ring (bicyclic) bond motifs is 1. The zero-order valence-corrected chi connectivity index (χ0v) is 11.8. The molecule has 106 valence electrons. The number of rotatable bonds is 3. The lowest BCUT2D eigenvalue weighted by Gasteiger charge is -2.07. The maximum absolute atomic E-state index is 12.0.